The molecule has 0 spiro atoms. The number of benzene rings is 1. The Kier molecular flexibility index (Phi) is 5.66. The van der Waals surface area contributed by atoms with E-state index in [1.165, 1.54) is 16.9 Å². The van der Waals surface area contributed by atoms with Crippen LogP contribution >= 0.6 is 11.3 Å². The first-order valence-corrected chi connectivity index (χ1v) is 9.50. The third-order valence-electron chi connectivity index (χ3n) is 4.19. The molecule has 3 N–H and O–H groups in total. The highest BCUT2D eigenvalue weighted by molar-refractivity contribution is 7.21. The number of unbranched alkanes of at least 4 members (excludes halogenated alkanes) is 1. The van der Waals surface area contributed by atoms with E-state index in [9.17, 15) is 4.79 Å². The molecule has 3 rings (SSSR count). The number of fused-ring (bicyclic) bond motifs is 1. The van der Waals surface area contributed by atoms with Crippen LogP contribution in [-0.4, -0.2) is 17.4 Å². The van der Waals surface area contributed by atoms with E-state index in [1.54, 1.807) is 0 Å². The van der Waals surface area contributed by atoms with Crippen LogP contribution in [-0.2, 0) is 12.8 Å². The number of nitrogens with one attached hydrogen (secondary N) is 1. The molecule has 0 aliphatic carbocycles. The zero-order chi connectivity index (χ0) is 17.6. The molecule has 5 heteroatoms. The molecule has 25 heavy (non-hydrogen) atoms. The Labute approximate surface area is 152 Å². The number of rotatable bonds is 7. The summed E-state index contributed by atoms with van der Waals surface area (Å²) in [6.45, 7) is 2.76. The van der Waals surface area contributed by atoms with Crippen molar-refractivity contribution in [2.45, 2.75) is 32.6 Å². The van der Waals surface area contributed by atoms with Crippen LogP contribution in [0.4, 0.5) is 5.69 Å². The van der Waals surface area contributed by atoms with Crippen LogP contribution in [0.15, 0.2) is 42.5 Å². The number of thiophene rings is 1. The third-order valence-corrected chi connectivity index (χ3v) is 5.30. The highest BCUT2D eigenvalue weighted by atomic mass is 32.1. The first-order valence-electron chi connectivity index (χ1n) is 8.69. The summed E-state index contributed by atoms with van der Waals surface area (Å²) in [4.78, 5) is 18.5. The van der Waals surface area contributed by atoms with Gasteiger partial charge in [-0.15, -0.1) is 11.3 Å². The number of amides is 1. The van der Waals surface area contributed by atoms with Crippen molar-refractivity contribution >= 4 is 33.1 Å². The normalized spacial score (nSPS) is 10.9. The van der Waals surface area contributed by atoms with Gasteiger partial charge in [-0.2, -0.15) is 0 Å². The second-order valence-electron chi connectivity index (χ2n) is 6.10. The van der Waals surface area contributed by atoms with Crippen molar-refractivity contribution in [1.82, 2.24) is 10.3 Å². The van der Waals surface area contributed by atoms with E-state index >= 15 is 0 Å². The van der Waals surface area contributed by atoms with Crippen molar-refractivity contribution in [3.63, 3.8) is 0 Å². The van der Waals surface area contributed by atoms with Gasteiger partial charge in [-0.1, -0.05) is 43.7 Å². The number of anilines is 1. The maximum atomic E-state index is 12.5. The van der Waals surface area contributed by atoms with Gasteiger partial charge < -0.3 is 11.1 Å². The Bertz CT molecular complexity index is 858. The number of aryl methyl sites for hydroxylation is 1. The minimum atomic E-state index is -0.119. The second-order valence-corrected chi connectivity index (χ2v) is 7.09. The standard InChI is InChI=1S/C20H23N3OS/c1-2-3-9-15-10-11-16-17(21)18(25-20(16)23-15)19(24)22-13-12-14-7-5-4-6-8-14/h4-8,10-11H,2-3,9,12-13,21H2,1H3,(H,22,24). The van der Waals surface area contributed by atoms with E-state index < -0.39 is 0 Å². The lowest BCUT2D eigenvalue weighted by Gasteiger charge is -2.04. The Morgan fingerprint density at radius 1 is 1.16 bits per heavy atom. The van der Waals surface area contributed by atoms with Crippen molar-refractivity contribution < 1.29 is 4.79 Å². The Hall–Kier alpha value is -2.40. The van der Waals surface area contributed by atoms with E-state index in [-0.39, 0.29) is 5.91 Å². The molecule has 2 heterocycles. The minimum Gasteiger partial charge on any atom is -0.397 e. The van der Waals surface area contributed by atoms with Gasteiger partial charge in [0.15, 0.2) is 0 Å². The third kappa shape index (κ3) is 4.17. The average Bonchev–Trinajstić information content (AvgIpc) is 2.97. The largest absolute Gasteiger partial charge is 0.397 e. The number of nitrogens with zero attached hydrogens (tertiary/aromatic N) is 1. The lowest BCUT2D eigenvalue weighted by molar-refractivity contribution is 0.0959. The van der Waals surface area contributed by atoms with Crippen LogP contribution in [0.5, 0.6) is 0 Å². The maximum Gasteiger partial charge on any atom is 0.263 e. The summed E-state index contributed by atoms with van der Waals surface area (Å²) in [5.41, 5.74) is 8.98. The van der Waals surface area contributed by atoms with Crippen molar-refractivity contribution in [3.05, 3.63) is 58.6 Å². The highest BCUT2D eigenvalue weighted by Crippen LogP contribution is 2.32. The molecule has 0 radical (unpaired) electrons. The van der Waals surface area contributed by atoms with Gasteiger partial charge in [-0.05, 0) is 37.0 Å². The van der Waals surface area contributed by atoms with Crippen LogP contribution in [0, 0.1) is 0 Å². The lowest BCUT2D eigenvalue weighted by Crippen LogP contribution is -2.25. The molecule has 2 aromatic heterocycles. The molecule has 0 aliphatic rings. The summed E-state index contributed by atoms with van der Waals surface area (Å²) in [6, 6.07) is 14.1. The fourth-order valence-corrected chi connectivity index (χ4v) is 3.78. The summed E-state index contributed by atoms with van der Waals surface area (Å²) in [7, 11) is 0. The van der Waals surface area contributed by atoms with Crippen LogP contribution in [0.3, 0.4) is 0 Å². The number of aromatic nitrogens is 1. The minimum absolute atomic E-state index is 0.119. The highest BCUT2D eigenvalue weighted by Gasteiger charge is 2.17. The molecule has 0 saturated heterocycles. The maximum absolute atomic E-state index is 12.5. The first kappa shape index (κ1) is 17.4. The molecule has 130 valence electrons. The van der Waals surface area contributed by atoms with Gasteiger partial charge in [0.05, 0.1) is 5.69 Å². The molecule has 1 aromatic carbocycles. The number of hydrogen-bond acceptors (Lipinski definition) is 4. The van der Waals surface area contributed by atoms with E-state index in [0.717, 1.165) is 41.6 Å². The topological polar surface area (TPSA) is 68.0 Å². The van der Waals surface area contributed by atoms with Gasteiger partial charge in [0.2, 0.25) is 0 Å². The van der Waals surface area contributed by atoms with Gasteiger partial charge in [-0.25, -0.2) is 4.98 Å². The van der Waals surface area contributed by atoms with Crippen molar-refractivity contribution in [3.8, 4) is 0 Å². The zero-order valence-electron chi connectivity index (χ0n) is 14.4. The van der Waals surface area contributed by atoms with Gasteiger partial charge in [0.1, 0.15) is 9.71 Å². The molecule has 4 nitrogen and oxygen atoms in total. The number of nitrogens with two attached hydrogens (primary N) is 1. The average molecular weight is 353 g/mol. The van der Waals surface area contributed by atoms with Gasteiger partial charge >= 0.3 is 0 Å². The molecule has 0 atom stereocenters. The molecule has 1 amide bonds. The van der Waals surface area contributed by atoms with Crippen LogP contribution in [0.2, 0.25) is 0 Å². The molecule has 3 aromatic rings. The lowest BCUT2D eigenvalue weighted by atomic mass is 10.1. The van der Waals surface area contributed by atoms with E-state index in [4.69, 9.17) is 5.73 Å². The number of hydrogen-bond donors (Lipinski definition) is 2. The van der Waals surface area contributed by atoms with Crippen LogP contribution < -0.4 is 11.1 Å². The van der Waals surface area contributed by atoms with Gasteiger partial charge in [-0.3, -0.25) is 4.79 Å². The van der Waals surface area contributed by atoms with Crippen molar-refractivity contribution in [2.24, 2.45) is 0 Å². The van der Waals surface area contributed by atoms with E-state index in [0.29, 0.717) is 17.1 Å². The quantitative estimate of drug-likeness (QED) is 0.669. The van der Waals surface area contributed by atoms with E-state index in [1.807, 2.05) is 30.3 Å². The summed E-state index contributed by atoms with van der Waals surface area (Å²) in [5.74, 6) is -0.119. The smallest absolute Gasteiger partial charge is 0.263 e. The fourth-order valence-electron chi connectivity index (χ4n) is 2.75. The van der Waals surface area contributed by atoms with Crippen LogP contribution in [0.1, 0.15) is 40.7 Å². The Morgan fingerprint density at radius 2 is 1.96 bits per heavy atom. The number of pyridine rings is 1. The molecule has 0 aliphatic heterocycles. The van der Waals surface area contributed by atoms with Crippen LogP contribution in [0.25, 0.3) is 10.2 Å². The van der Waals surface area contributed by atoms with Gasteiger partial charge in [0, 0.05) is 17.6 Å². The monoisotopic (exact) mass is 353 g/mol. The first-order chi connectivity index (χ1) is 12.2. The number of carbonyl (C=O) groups excluding carboxylic acids is 1. The predicted molar refractivity (Wildman–Crippen MR) is 105 cm³/mol. The number of carbonyl (C=O) groups is 1. The molecular weight excluding hydrogens is 330 g/mol. The predicted octanol–water partition coefficient (Wildman–Crippen LogP) is 4.19. The summed E-state index contributed by atoms with van der Waals surface area (Å²) in [6.07, 6.45) is 4.02. The summed E-state index contributed by atoms with van der Waals surface area (Å²) in [5, 5.41) is 3.84. The summed E-state index contributed by atoms with van der Waals surface area (Å²) >= 11 is 1.38. The zero-order valence-corrected chi connectivity index (χ0v) is 15.2. The SMILES string of the molecule is CCCCc1ccc2c(N)c(C(=O)NCCc3ccccc3)sc2n1. The number of nitrogen functional groups attached to an aromatic ring is 1. The molecular formula is C20H23N3OS. The molecule has 0 fully saturated rings. The Morgan fingerprint density at radius 3 is 2.72 bits per heavy atom. The van der Waals surface area contributed by atoms with E-state index in [2.05, 4.69) is 29.4 Å². The summed E-state index contributed by atoms with van der Waals surface area (Å²) < 4.78 is 0. The molecule has 0 bridgehead atoms. The fraction of sp³-hybridized carbons (Fsp3) is 0.300. The molecule has 0 saturated carbocycles. The van der Waals surface area contributed by atoms with Gasteiger partial charge in [0.25, 0.3) is 5.91 Å². The van der Waals surface area contributed by atoms with Crippen molar-refractivity contribution in [1.29, 1.82) is 0 Å². The molecule has 0 unspecified atom stereocenters. The van der Waals surface area contributed by atoms with Crippen molar-refractivity contribution in [2.75, 3.05) is 12.3 Å². The Balaban J connectivity index is 1.69. The second kappa shape index (κ2) is 8.12.